The van der Waals surface area contributed by atoms with E-state index >= 15 is 0 Å². The number of aliphatic hydroxyl groups excluding tert-OH is 1. The fraction of sp³-hybridized carbons (Fsp3) is 0.567. The number of rotatable bonds is 13. The zero-order valence-corrected chi connectivity index (χ0v) is 25.3. The zero-order chi connectivity index (χ0) is 30.3. The monoisotopic (exact) mass is 604 g/mol. The van der Waals surface area contributed by atoms with E-state index in [1.165, 1.54) is 28.6 Å². The Morgan fingerprint density at radius 1 is 1.12 bits per heavy atom. The molecule has 12 heteroatoms. The van der Waals surface area contributed by atoms with E-state index in [4.69, 9.17) is 19.9 Å². The Labute approximate surface area is 248 Å². The highest BCUT2D eigenvalue weighted by atomic mass is 32.2. The Kier molecular flexibility index (Phi) is 11.2. The van der Waals surface area contributed by atoms with Gasteiger partial charge in [-0.2, -0.15) is 4.31 Å². The van der Waals surface area contributed by atoms with E-state index in [1.807, 2.05) is 51.1 Å². The number of anilines is 1. The third kappa shape index (κ3) is 8.21. The summed E-state index contributed by atoms with van der Waals surface area (Å²) in [6.07, 6.45) is -2.00. The molecule has 0 unspecified atom stereocenters. The smallest absolute Gasteiger partial charge is 0.407 e. The highest BCUT2D eigenvalue weighted by molar-refractivity contribution is 7.89. The number of carbonyl (C=O) groups is 1. The van der Waals surface area contributed by atoms with Crippen molar-refractivity contribution in [3.8, 4) is 0 Å². The summed E-state index contributed by atoms with van der Waals surface area (Å²) in [6.45, 7) is 7.39. The lowest BCUT2D eigenvalue weighted by Crippen LogP contribution is -2.53. The molecule has 0 bridgehead atoms. The van der Waals surface area contributed by atoms with E-state index < -0.39 is 40.7 Å². The van der Waals surface area contributed by atoms with Crippen LogP contribution in [0, 0.1) is 11.8 Å². The minimum Gasteiger partial charge on any atom is -0.446 e. The second-order valence-electron chi connectivity index (χ2n) is 11.3. The predicted octanol–water partition coefficient (Wildman–Crippen LogP) is 2.35. The molecule has 0 aromatic heterocycles. The molecule has 2 aromatic carbocycles. The number of hydrogen-bond acceptors (Lipinski definition) is 9. The second-order valence-corrected chi connectivity index (χ2v) is 13.3. The van der Waals surface area contributed by atoms with Gasteiger partial charge in [-0.05, 0) is 48.7 Å². The highest BCUT2D eigenvalue weighted by Gasteiger charge is 2.47. The van der Waals surface area contributed by atoms with Gasteiger partial charge in [-0.3, -0.25) is 0 Å². The first-order chi connectivity index (χ1) is 20.1. The molecule has 5 N–H and O–H groups in total. The van der Waals surface area contributed by atoms with Crippen molar-refractivity contribution in [3.05, 3.63) is 60.2 Å². The van der Waals surface area contributed by atoms with Crippen molar-refractivity contribution in [1.29, 1.82) is 0 Å². The van der Waals surface area contributed by atoms with Gasteiger partial charge in [0.2, 0.25) is 10.0 Å². The molecule has 2 aliphatic heterocycles. The van der Waals surface area contributed by atoms with Crippen LogP contribution in [-0.2, 0) is 30.7 Å². The molecule has 2 aliphatic rings. The van der Waals surface area contributed by atoms with E-state index in [9.17, 15) is 18.3 Å². The Hall–Kier alpha value is -2.74. The van der Waals surface area contributed by atoms with Gasteiger partial charge in [-0.1, -0.05) is 51.1 Å². The number of benzene rings is 2. The van der Waals surface area contributed by atoms with E-state index in [-0.39, 0.29) is 42.3 Å². The van der Waals surface area contributed by atoms with Gasteiger partial charge in [0.15, 0.2) is 6.29 Å². The molecule has 2 aromatic rings. The van der Waals surface area contributed by atoms with Gasteiger partial charge in [0.25, 0.3) is 0 Å². The van der Waals surface area contributed by atoms with Crippen LogP contribution < -0.4 is 16.4 Å². The summed E-state index contributed by atoms with van der Waals surface area (Å²) in [5, 5.41) is 17.7. The van der Waals surface area contributed by atoms with Crippen LogP contribution in [0.1, 0.15) is 32.8 Å². The number of fused-ring (bicyclic) bond motifs is 1. The molecule has 232 valence electrons. The van der Waals surface area contributed by atoms with Crippen LogP contribution in [-0.4, -0.2) is 87.4 Å². The number of ether oxygens (including phenoxy) is 3. The van der Waals surface area contributed by atoms with Gasteiger partial charge >= 0.3 is 6.09 Å². The third-order valence-corrected chi connectivity index (χ3v) is 9.45. The molecule has 2 fully saturated rings. The maximum Gasteiger partial charge on any atom is 0.407 e. The summed E-state index contributed by atoms with van der Waals surface area (Å²) in [7, 11) is -3.95. The van der Waals surface area contributed by atoms with Crippen molar-refractivity contribution in [3.63, 3.8) is 0 Å². The maximum absolute atomic E-state index is 13.6. The number of hydrogen-bond donors (Lipinski definition) is 4. The van der Waals surface area contributed by atoms with Crippen molar-refractivity contribution in [2.24, 2.45) is 11.8 Å². The standard InChI is InChI=1S/C30H44N4O7S/c1-4-32-25-19-40-29-28(25)27(14-15-39-29)41-30(36)33-24(16-21-8-6-5-7-9-21)26(35)18-34(17-20(2)3)42(37,38)23-12-10-22(31)11-13-23/h5-13,20,24-29,32,35H,4,14-19,31H2,1-3H3,(H,33,36)/t24-,25-,26+,27-,28-,29-/m0/s1. The Morgan fingerprint density at radius 2 is 1.83 bits per heavy atom. The molecule has 2 heterocycles. The number of nitrogen functional groups attached to an aromatic ring is 1. The number of likely N-dealkylation sites (N-methyl/N-ethyl adjacent to an activating group) is 1. The number of sulfonamides is 1. The summed E-state index contributed by atoms with van der Waals surface area (Å²) in [6, 6.07) is 14.6. The number of amides is 1. The molecule has 11 nitrogen and oxygen atoms in total. The molecule has 2 saturated heterocycles. The molecule has 0 spiro atoms. The van der Waals surface area contributed by atoms with E-state index in [2.05, 4.69) is 10.6 Å². The van der Waals surface area contributed by atoms with Crippen LogP contribution >= 0.6 is 0 Å². The molecule has 6 atom stereocenters. The van der Waals surface area contributed by atoms with Crippen LogP contribution in [0.25, 0.3) is 0 Å². The number of carbonyl (C=O) groups excluding carboxylic acids is 1. The number of aliphatic hydroxyl groups is 1. The van der Waals surface area contributed by atoms with Gasteiger partial charge in [0.05, 0.1) is 36.2 Å². The molecule has 42 heavy (non-hydrogen) atoms. The number of nitrogens with zero attached hydrogens (tertiary/aromatic N) is 1. The van der Waals surface area contributed by atoms with Crippen molar-refractivity contribution in [2.75, 3.05) is 38.6 Å². The van der Waals surface area contributed by atoms with Gasteiger partial charge < -0.3 is 35.7 Å². The maximum atomic E-state index is 13.6. The normalized spacial score (nSPS) is 23.9. The SMILES string of the molecule is CCN[C@H]1CO[C@@H]2OCC[C@H](OC(=O)N[C@@H](Cc3ccccc3)[C@H](O)CN(CC(C)C)S(=O)(=O)c3ccc(N)cc3)[C@@H]21. The second kappa shape index (κ2) is 14.6. The largest absolute Gasteiger partial charge is 0.446 e. The average Bonchev–Trinajstić information content (AvgIpc) is 3.37. The predicted molar refractivity (Wildman–Crippen MR) is 159 cm³/mol. The minimum absolute atomic E-state index is 0.00746. The number of nitrogens with two attached hydrogens (primary N) is 1. The number of nitrogens with one attached hydrogen (secondary N) is 2. The van der Waals surface area contributed by atoms with Gasteiger partial charge in [0.1, 0.15) is 6.10 Å². The van der Waals surface area contributed by atoms with E-state index in [0.717, 1.165) is 12.1 Å². The lowest BCUT2D eigenvalue weighted by atomic mass is 9.91. The first-order valence-corrected chi connectivity index (χ1v) is 16.0. The number of alkyl carbamates (subject to hydrolysis) is 1. The zero-order valence-electron chi connectivity index (χ0n) is 24.5. The first-order valence-electron chi connectivity index (χ1n) is 14.6. The lowest BCUT2D eigenvalue weighted by Gasteiger charge is -2.35. The first kappa shape index (κ1) is 32.2. The topological polar surface area (TPSA) is 152 Å². The van der Waals surface area contributed by atoms with Gasteiger partial charge in [-0.15, -0.1) is 0 Å². The van der Waals surface area contributed by atoms with Gasteiger partial charge in [0, 0.05) is 31.2 Å². The van der Waals surface area contributed by atoms with Crippen LogP contribution in [0.2, 0.25) is 0 Å². The Balaban J connectivity index is 1.52. The summed E-state index contributed by atoms with van der Waals surface area (Å²) in [4.78, 5) is 13.4. The molecular weight excluding hydrogens is 560 g/mol. The van der Waals surface area contributed by atoms with Crippen LogP contribution in [0.15, 0.2) is 59.5 Å². The molecule has 0 radical (unpaired) electrons. The molecule has 0 aliphatic carbocycles. The van der Waals surface area contributed by atoms with E-state index in [1.54, 1.807) is 0 Å². The molecule has 1 amide bonds. The fourth-order valence-electron chi connectivity index (χ4n) is 5.57. The fourth-order valence-corrected chi connectivity index (χ4v) is 7.19. The molecule has 0 saturated carbocycles. The summed E-state index contributed by atoms with van der Waals surface area (Å²) >= 11 is 0. The van der Waals surface area contributed by atoms with Crippen molar-refractivity contribution < 1.29 is 32.5 Å². The van der Waals surface area contributed by atoms with Crippen molar-refractivity contribution in [2.45, 2.75) is 69.1 Å². The van der Waals surface area contributed by atoms with Gasteiger partial charge in [-0.25, -0.2) is 13.2 Å². The molecule has 4 rings (SSSR count). The summed E-state index contributed by atoms with van der Waals surface area (Å²) < 4.78 is 45.9. The van der Waals surface area contributed by atoms with Crippen LogP contribution in [0.5, 0.6) is 0 Å². The van der Waals surface area contributed by atoms with Crippen molar-refractivity contribution >= 4 is 21.8 Å². The highest BCUT2D eigenvalue weighted by Crippen LogP contribution is 2.33. The summed E-state index contributed by atoms with van der Waals surface area (Å²) in [5.41, 5.74) is 7.09. The van der Waals surface area contributed by atoms with Crippen LogP contribution in [0.4, 0.5) is 10.5 Å². The Morgan fingerprint density at radius 3 is 2.50 bits per heavy atom. The van der Waals surface area contributed by atoms with E-state index in [0.29, 0.717) is 25.3 Å². The molecular formula is C30H44N4O7S. The van der Waals surface area contributed by atoms with Crippen molar-refractivity contribution in [1.82, 2.24) is 14.9 Å². The van der Waals surface area contributed by atoms with Crippen LogP contribution in [0.3, 0.4) is 0 Å². The Bertz CT molecular complexity index is 1250. The minimum atomic E-state index is -3.95. The third-order valence-electron chi connectivity index (χ3n) is 7.60. The summed E-state index contributed by atoms with van der Waals surface area (Å²) in [5.74, 6) is -0.167. The average molecular weight is 605 g/mol. The quantitative estimate of drug-likeness (QED) is 0.253. The lowest BCUT2D eigenvalue weighted by molar-refractivity contribution is -0.180.